The molecular formula is C10H19NO2. The minimum Gasteiger partial charge on any atom is -0.393 e. The van der Waals surface area contributed by atoms with Crippen molar-refractivity contribution in [3.8, 4) is 0 Å². The Hall–Kier alpha value is -0.570. The van der Waals surface area contributed by atoms with Gasteiger partial charge in [0, 0.05) is 12.0 Å². The second-order valence-corrected chi connectivity index (χ2v) is 4.34. The van der Waals surface area contributed by atoms with Gasteiger partial charge in [0.25, 0.3) is 0 Å². The fraction of sp³-hybridized carbons (Fsp3) is 0.900. The van der Waals surface area contributed by atoms with Crippen molar-refractivity contribution in [1.82, 2.24) is 5.32 Å². The van der Waals surface area contributed by atoms with Crippen LogP contribution in [0.3, 0.4) is 0 Å². The third-order valence-electron chi connectivity index (χ3n) is 2.70. The van der Waals surface area contributed by atoms with Crippen molar-refractivity contribution in [3.63, 3.8) is 0 Å². The Balaban J connectivity index is 2.30. The number of hydrogen-bond donors (Lipinski definition) is 2. The second-order valence-electron chi connectivity index (χ2n) is 4.34. The summed E-state index contributed by atoms with van der Waals surface area (Å²) < 4.78 is 0. The molecule has 1 rings (SSSR count). The maximum atomic E-state index is 11.5. The number of aliphatic hydroxyl groups excluding tert-OH is 1. The van der Waals surface area contributed by atoms with E-state index in [1.165, 1.54) is 0 Å². The molecule has 0 aliphatic heterocycles. The van der Waals surface area contributed by atoms with Gasteiger partial charge in [0.2, 0.25) is 5.91 Å². The molecule has 1 atom stereocenters. The fourth-order valence-corrected chi connectivity index (χ4v) is 1.67. The van der Waals surface area contributed by atoms with Gasteiger partial charge in [-0.3, -0.25) is 4.79 Å². The van der Waals surface area contributed by atoms with E-state index < -0.39 is 0 Å². The molecule has 13 heavy (non-hydrogen) atoms. The minimum absolute atomic E-state index is 0.0470. The molecule has 1 fully saturated rings. The third-order valence-corrected chi connectivity index (χ3v) is 2.70. The van der Waals surface area contributed by atoms with Crippen LogP contribution < -0.4 is 5.32 Å². The van der Waals surface area contributed by atoms with Gasteiger partial charge in [-0.2, -0.15) is 0 Å². The standard InChI is InChI=1S/C10H19NO2/c1-6(2)11-10(13)7(3)8-4-9(12)5-8/h6-9,12H,4-5H2,1-3H3,(H,11,13). The molecule has 0 heterocycles. The normalized spacial score (nSPS) is 29.6. The van der Waals surface area contributed by atoms with E-state index in [9.17, 15) is 4.79 Å². The molecule has 1 saturated carbocycles. The highest BCUT2D eigenvalue weighted by Crippen LogP contribution is 2.33. The number of nitrogens with one attached hydrogen (secondary N) is 1. The first kappa shape index (κ1) is 10.5. The molecule has 1 unspecified atom stereocenters. The van der Waals surface area contributed by atoms with Crippen LogP contribution >= 0.6 is 0 Å². The number of carbonyl (C=O) groups is 1. The molecule has 1 amide bonds. The second kappa shape index (κ2) is 4.09. The molecule has 76 valence electrons. The molecule has 3 heteroatoms. The highest BCUT2D eigenvalue weighted by Gasteiger charge is 2.34. The lowest BCUT2D eigenvalue weighted by Crippen LogP contribution is -2.42. The van der Waals surface area contributed by atoms with E-state index in [0.717, 1.165) is 12.8 Å². The molecule has 2 N–H and O–H groups in total. The van der Waals surface area contributed by atoms with Gasteiger partial charge in [-0.05, 0) is 32.6 Å². The van der Waals surface area contributed by atoms with Gasteiger partial charge < -0.3 is 10.4 Å². The Morgan fingerprint density at radius 1 is 1.38 bits per heavy atom. The summed E-state index contributed by atoms with van der Waals surface area (Å²) in [5.41, 5.74) is 0. The number of amides is 1. The predicted molar refractivity (Wildman–Crippen MR) is 51.2 cm³/mol. The molecule has 0 aromatic rings. The molecule has 1 aliphatic rings. The number of aliphatic hydroxyl groups is 1. The van der Waals surface area contributed by atoms with Crippen LogP contribution in [0.15, 0.2) is 0 Å². The first-order chi connectivity index (χ1) is 6.00. The summed E-state index contributed by atoms with van der Waals surface area (Å²) in [5, 5.41) is 12.0. The van der Waals surface area contributed by atoms with Crippen molar-refractivity contribution in [3.05, 3.63) is 0 Å². The van der Waals surface area contributed by atoms with Gasteiger partial charge in [-0.25, -0.2) is 0 Å². The zero-order valence-electron chi connectivity index (χ0n) is 8.58. The average molecular weight is 185 g/mol. The van der Waals surface area contributed by atoms with E-state index in [1.54, 1.807) is 0 Å². The van der Waals surface area contributed by atoms with Crippen molar-refractivity contribution >= 4 is 5.91 Å². The summed E-state index contributed by atoms with van der Waals surface area (Å²) in [4.78, 5) is 11.5. The maximum absolute atomic E-state index is 11.5. The highest BCUT2D eigenvalue weighted by molar-refractivity contribution is 5.78. The summed E-state index contributed by atoms with van der Waals surface area (Å²) in [5.74, 6) is 0.548. The van der Waals surface area contributed by atoms with Crippen molar-refractivity contribution in [1.29, 1.82) is 0 Å². The molecule has 0 aromatic heterocycles. The summed E-state index contributed by atoms with van der Waals surface area (Å²) in [6, 6.07) is 0.208. The molecule has 0 bridgehead atoms. The Kier molecular flexibility index (Phi) is 3.31. The summed E-state index contributed by atoms with van der Waals surface area (Å²) in [6.45, 7) is 5.86. The minimum atomic E-state index is -0.167. The first-order valence-electron chi connectivity index (χ1n) is 4.99. The van der Waals surface area contributed by atoms with Crippen molar-refractivity contribution in [2.24, 2.45) is 11.8 Å². The maximum Gasteiger partial charge on any atom is 0.223 e. The van der Waals surface area contributed by atoms with E-state index in [4.69, 9.17) is 5.11 Å². The zero-order chi connectivity index (χ0) is 10.0. The van der Waals surface area contributed by atoms with Crippen molar-refractivity contribution in [2.45, 2.75) is 45.8 Å². The van der Waals surface area contributed by atoms with Gasteiger partial charge in [0.1, 0.15) is 0 Å². The van der Waals surface area contributed by atoms with Crippen LogP contribution in [0.4, 0.5) is 0 Å². The van der Waals surface area contributed by atoms with E-state index in [-0.39, 0.29) is 24.0 Å². The van der Waals surface area contributed by atoms with Crippen LogP contribution in [0.5, 0.6) is 0 Å². The third kappa shape index (κ3) is 2.69. The van der Waals surface area contributed by atoms with Crippen LogP contribution in [0, 0.1) is 11.8 Å². The molecule has 0 saturated heterocycles. The summed E-state index contributed by atoms with van der Waals surface area (Å²) >= 11 is 0. The van der Waals surface area contributed by atoms with Gasteiger partial charge in [-0.15, -0.1) is 0 Å². The van der Waals surface area contributed by atoms with Crippen molar-refractivity contribution in [2.75, 3.05) is 0 Å². The first-order valence-corrected chi connectivity index (χ1v) is 4.99. The predicted octanol–water partition coefficient (Wildman–Crippen LogP) is 0.918. The van der Waals surface area contributed by atoms with E-state index in [2.05, 4.69) is 5.32 Å². The highest BCUT2D eigenvalue weighted by atomic mass is 16.3. The Labute approximate surface area is 79.5 Å². The van der Waals surface area contributed by atoms with E-state index in [1.807, 2.05) is 20.8 Å². The van der Waals surface area contributed by atoms with Crippen LogP contribution in [0.25, 0.3) is 0 Å². The number of rotatable bonds is 3. The Morgan fingerprint density at radius 2 is 1.92 bits per heavy atom. The van der Waals surface area contributed by atoms with Gasteiger partial charge in [0.15, 0.2) is 0 Å². The SMILES string of the molecule is CC(C)NC(=O)C(C)C1CC(O)C1. The van der Waals surface area contributed by atoms with Crippen LogP contribution in [0.1, 0.15) is 33.6 Å². The summed E-state index contributed by atoms with van der Waals surface area (Å²) in [6.07, 6.45) is 1.40. The average Bonchev–Trinajstić information content (AvgIpc) is 1.96. The topological polar surface area (TPSA) is 49.3 Å². The molecule has 0 aromatic carbocycles. The largest absolute Gasteiger partial charge is 0.393 e. The smallest absolute Gasteiger partial charge is 0.223 e. The lowest BCUT2D eigenvalue weighted by Gasteiger charge is -2.35. The van der Waals surface area contributed by atoms with Gasteiger partial charge in [0.05, 0.1) is 6.10 Å². The van der Waals surface area contributed by atoms with Crippen molar-refractivity contribution < 1.29 is 9.90 Å². The van der Waals surface area contributed by atoms with E-state index in [0.29, 0.717) is 5.92 Å². The molecular weight excluding hydrogens is 166 g/mol. The quantitative estimate of drug-likeness (QED) is 0.687. The van der Waals surface area contributed by atoms with Crippen LogP contribution in [-0.2, 0) is 4.79 Å². The van der Waals surface area contributed by atoms with E-state index >= 15 is 0 Å². The number of hydrogen-bond acceptors (Lipinski definition) is 2. The Morgan fingerprint density at radius 3 is 2.31 bits per heavy atom. The van der Waals surface area contributed by atoms with Crippen LogP contribution in [0.2, 0.25) is 0 Å². The Bertz CT molecular complexity index is 185. The lowest BCUT2D eigenvalue weighted by atomic mass is 9.74. The van der Waals surface area contributed by atoms with Gasteiger partial charge in [-0.1, -0.05) is 6.92 Å². The summed E-state index contributed by atoms with van der Waals surface area (Å²) in [7, 11) is 0. The lowest BCUT2D eigenvalue weighted by molar-refractivity contribution is -0.129. The molecule has 0 radical (unpaired) electrons. The molecule has 0 spiro atoms. The van der Waals surface area contributed by atoms with Crippen LogP contribution in [-0.4, -0.2) is 23.2 Å². The monoisotopic (exact) mass is 185 g/mol. The van der Waals surface area contributed by atoms with Gasteiger partial charge >= 0.3 is 0 Å². The number of carbonyl (C=O) groups excluding carboxylic acids is 1. The fourth-order valence-electron chi connectivity index (χ4n) is 1.67. The molecule has 3 nitrogen and oxygen atoms in total. The zero-order valence-corrected chi connectivity index (χ0v) is 8.58. The molecule has 1 aliphatic carbocycles.